The Kier molecular flexibility index (Phi) is 5.91. The van der Waals surface area contributed by atoms with Crippen molar-refractivity contribution in [1.82, 2.24) is 15.3 Å². The standard InChI is InChI=1S/C22H23N3OS/c1-16-14-17(2)24-21(23-16)27-15-20(26)25-22(3,18-10-6-4-7-11-18)19-12-8-5-9-13-19/h4-14H,15H2,1-3H3,(H,25,26). The molecule has 2 aromatic carbocycles. The normalized spacial score (nSPS) is 11.2. The first-order chi connectivity index (χ1) is 13.0. The molecule has 1 amide bonds. The average Bonchev–Trinajstić information content (AvgIpc) is 2.67. The molecule has 4 nitrogen and oxygen atoms in total. The topological polar surface area (TPSA) is 54.9 Å². The molecule has 0 radical (unpaired) electrons. The molecule has 0 aliphatic carbocycles. The molecule has 138 valence electrons. The number of hydrogen-bond acceptors (Lipinski definition) is 4. The summed E-state index contributed by atoms with van der Waals surface area (Å²) in [6, 6.07) is 22.0. The summed E-state index contributed by atoms with van der Waals surface area (Å²) in [7, 11) is 0. The van der Waals surface area contributed by atoms with E-state index in [0.717, 1.165) is 22.5 Å². The highest BCUT2D eigenvalue weighted by molar-refractivity contribution is 7.99. The first-order valence-corrected chi connectivity index (χ1v) is 9.83. The molecule has 0 aliphatic rings. The second-order valence-corrected chi connectivity index (χ2v) is 7.57. The molecular weight excluding hydrogens is 354 g/mol. The number of thioether (sulfide) groups is 1. The van der Waals surface area contributed by atoms with Gasteiger partial charge < -0.3 is 5.32 Å². The van der Waals surface area contributed by atoms with E-state index in [1.54, 1.807) is 0 Å². The number of amides is 1. The average molecular weight is 378 g/mol. The zero-order valence-corrected chi connectivity index (χ0v) is 16.6. The van der Waals surface area contributed by atoms with E-state index in [9.17, 15) is 4.79 Å². The number of nitrogens with zero attached hydrogens (tertiary/aromatic N) is 2. The number of benzene rings is 2. The Labute approximate surface area is 164 Å². The fourth-order valence-electron chi connectivity index (χ4n) is 3.06. The van der Waals surface area contributed by atoms with E-state index in [2.05, 4.69) is 15.3 Å². The molecule has 3 rings (SSSR count). The van der Waals surface area contributed by atoms with Gasteiger partial charge in [0, 0.05) is 11.4 Å². The maximum atomic E-state index is 12.8. The molecule has 0 fully saturated rings. The summed E-state index contributed by atoms with van der Waals surface area (Å²) in [6.07, 6.45) is 0. The largest absolute Gasteiger partial charge is 0.342 e. The van der Waals surface area contributed by atoms with Gasteiger partial charge in [0.05, 0.1) is 11.3 Å². The summed E-state index contributed by atoms with van der Waals surface area (Å²) in [5, 5.41) is 3.84. The number of hydrogen-bond donors (Lipinski definition) is 1. The summed E-state index contributed by atoms with van der Waals surface area (Å²) in [5.74, 6) is 0.205. The Hall–Kier alpha value is -2.66. The number of carbonyl (C=O) groups excluding carboxylic acids is 1. The van der Waals surface area contributed by atoms with Crippen LogP contribution >= 0.6 is 11.8 Å². The number of nitrogens with one attached hydrogen (secondary N) is 1. The van der Waals surface area contributed by atoms with Crippen molar-refractivity contribution in [3.8, 4) is 0 Å². The molecule has 0 aliphatic heterocycles. The Bertz CT molecular complexity index is 854. The van der Waals surface area contributed by atoms with Gasteiger partial charge in [-0.3, -0.25) is 4.79 Å². The molecule has 3 aromatic rings. The van der Waals surface area contributed by atoms with Crippen LogP contribution < -0.4 is 5.32 Å². The van der Waals surface area contributed by atoms with E-state index in [-0.39, 0.29) is 11.7 Å². The van der Waals surface area contributed by atoms with Crippen LogP contribution in [0.5, 0.6) is 0 Å². The SMILES string of the molecule is Cc1cc(C)nc(SCC(=O)NC(C)(c2ccccc2)c2ccccc2)n1. The van der Waals surface area contributed by atoms with Gasteiger partial charge in [-0.25, -0.2) is 9.97 Å². The van der Waals surface area contributed by atoms with E-state index in [0.29, 0.717) is 5.16 Å². The molecular formula is C22H23N3OS. The summed E-state index contributed by atoms with van der Waals surface area (Å²) in [4.78, 5) is 21.5. The van der Waals surface area contributed by atoms with Gasteiger partial charge in [-0.05, 0) is 38.0 Å². The third-order valence-corrected chi connectivity index (χ3v) is 5.23. The third kappa shape index (κ3) is 4.74. The quantitative estimate of drug-likeness (QED) is 0.515. The van der Waals surface area contributed by atoms with Crippen LogP contribution in [-0.4, -0.2) is 21.6 Å². The molecule has 0 atom stereocenters. The second kappa shape index (κ2) is 8.35. The monoisotopic (exact) mass is 377 g/mol. The number of aryl methyl sites for hydroxylation is 2. The highest BCUT2D eigenvalue weighted by Crippen LogP contribution is 2.29. The van der Waals surface area contributed by atoms with E-state index < -0.39 is 5.54 Å². The van der Waals surface area contributed by atoms with E-state index in [1.165, 1.54) is 11.8 Å². The number of aromatic nitrogens is 2. The van der Waals surface area contributed by atoms with Crippen molar-refractivity contribution in [3.63, 3.8) is 0 Å². The van der Waals surface area contributed by atoms with Crippen molar-refractivity contribution >= 4 is 17.7 Å². The molecule has 1 N–H and O–H groups in total. The molecule has 27 heavy (non-hydrogen) atoms. The zero-order valence-electron chi connectivity index (χ0n) is 15.8. The molecule has 1 aromatic heterocycles. The summed E-state index contributed by atoms with van der Waals surface area (Å²) >= 11 is 1.35. The summed E-state index contributed by atoms with van der Waals surface area (Å²) < 4.78 is 0. The minimum Gasteiger partial charge on any atom is -0.342 e. The Balaban J connectivity index is 1.79. The van der Waals surface area contributed by atoms with Gasteiger partial charge in [-0.1, -0.05) is 72.4 Å². The molecule has 0 saturated heterocycles. The molecule has 1 heterocycles. The van der Waals surface area contributed by atoms with Crippen LogP contribution in [0.3, 0.4) is 0 Å². The second-order valence-electron chi connectivity index (χ2n) is 6.63. The Morgan fingerprint density at radius 2 is 1.41 bits per heavy atom. The minimum atomic E-state index is -0.608. The van der Waals surface area contributed by atoms with Crippen molar-refractivity contribution in [2.45, 2.75) is 31.5 Å². The molecule has 0 saturated carbocycles. The Morgan fingerprint density at radius 3 is 1.89 bits per heavy atom. The fraction of sp³-hybridized carbons (Fsp3) is 0.227. The Morgan fingerprint density at radius 1 is 0.926 bits per heavy atom. The van der Waals surface area contributed by atoms with Crippen molar-refractivity contribution in [3.05, 3.63) is 89.2 Å². The van der Waals surface area contributed by atoms with Crippen LogP contribution in [0.2, 0.25) is 0 Å². The van der Waals surface area contributed by atoms with Gasteiger partial charge in [-0.2, -0.15) is 0 Å². The first-order valence-electron chi connectivity index (χ1n) is 8.84. The van der Waals surface area contributed by atoms with Gasteiger partial charge >= 0.3 is 0 Å². The summed E-state index contributed by atoms with van der Waals surface area (Å²) in [5.41, 5.74) is 3.28. The van der Waals surface area contributed by atoms with Crippen LogP contribution in [0.25, 0.3) is 0 Å². The summed E-state index contributed by atoms with van der Waals surface area (Å²) in [6.45, 7) is 5.90. The first kappa shape index (κ1) is 19.1. The maximum Gasteiger partial charge on any atom is 0.231 e. The molecule has 0 bridgehead atoms. The van der Waals surface area contributed by atoms with Crippen molar-refractivity contribution < 1.29 is 4.79 Å². The van der Waals surface area contributed by atoms with Gasteiger partial charge in [-0.15, -0.1) is 0 Å². The van der Waals surface area contributed by atoms with Gasteiger partial charge in [0.25, 0.3) is 0 Å². The number of carbonyl (C=O) groups is 1. The fourth-order valence-corrected chi connectivity index (χ4v) is 3.81. The van der Waals surface area contributed by atoms with Crippen LogP contribution in [0.4, 0.5) is 0 Å². The van der Waals surface area contributed by atoms with Crippen LogP contribution in [0, 0.1) is 13.8 Å². The predicted molar refractivity (Wildman–Crippen MR) is 110 cm³/mol. The van der Waals surface area contributed by atoms with E-state index in [1.807, 2.05) is 87.5 Å². The number of rotatable bonds is 6. The lowest BCUT2D eigenvalue weighted by Crippen LogP contribution is -2.45. The third-order valence-electron chi connectivity index (χ3n) is 4.39. The zero-order chi connectivity index (χ0) is 19.3. The van der Waals surface area contributed by atoms with Crippen molar-refractivity contribution in [2.75, 3.05) is 5.75 Å². The van der Waals surface area contributed by atoms with Crippen molar-refractivity contribution in [1.29, 1.82) is 0 Å². The lowest BCUT2D eigenvalue weighted by Gasteiger charge is -2.32. The van der Waals surface area contributed by atoms with Gasteiger partial charge in [0.1, 0.15) is 0 Å². The predicted octanol–water partition coefficient (Wildman–Crippen LogP) is 4.27. The van der Waals surface area contributed by atoms with Crippen molar-refractivity contribution in [2.24, 2.45) is 0 Å². The highest BCUT2D eigenvalue weighted by Gasteiger charge is 2.30. The molecule has 0 spiro atoms. The lowest BCUT2D eigenvalue weighted by atomic mass is 9.84. The molecule has 0 unspecified atom stereocenters. The van der Waals surface area contributed by atoms with Gasteiger partial charge in [0.15, 0.2) is 5.16 Å². The minimum absolute atomic E-state index is 0.0574. The van der Waals surface area contributed by atoms with E-state index >= 15 is 0 Å². The maximum absolute atomic E-state index is 12.8. The smallest absolute Gasteiger partial charge is 0.231 e. The van der Waals surface area contributed by atoms with Gasteiger partial charge in [0.2, 0.25) is 5.91 Å². The lowest BCUT2D eigenvalue weighted by molar-refractivity contribution is -0.120. The van der Waals surface area contributed by atoms with Crippen LogP contribution in [0.15, 0.2) is 71.9 Å². The van der Waals surface area contributed by atoms with Crippen LogP contribution in [0.1, 0.15) is 29.4 Å². The highest BCUT2D eigenvalue weighted by atomic mass is 32.2. The molecule has 5 heteroatoms. The van der Waals surface area contributed by atoms with E-state index in [4.69, 9.17) is 0 Å². The van der Waals surface area contributed by atoms with Crippen LogP contribution in [-0.2, 0) is 10.3 Å².